The van der Waals surface area contributed by atoms with Crippen LogP contribution in [0.1, 0.15) is 5.56 Å². The Bertz CT molecular complexity index is 672. The van der Waals surface area contributed by atoms with E-state index in [1.165, 1.54) is 18.3 Å². The number of pyridine rings is 1. The van der Waals surface area contributed by atoms with E-state index in [0.29, 0.717) is 5.02 Å². The number of nitrogens with one attached hydrogen (secondary N) is 1. The number of nitrogens with zero attached hydrogens (tertiary/aromatic N) is 1. The van der Waals surface area contributed by atoms with Gasteiger partial charge in [0, 0.05) is 17.8 Å². The number of halogens is 2. The second-order valence-electron chi connectivity index (χ2n) is 3.74. The van der Waals surface area contributed by atoms with Crippen molar-refractivity contribution in [3.8, 4) is 0 Å². The van der Waals surface area contributed by atoms with Gasteiger partial charge < -0.3 is 0 Å². The Morgan fingerprint density at radius 2 is 1.79 bits per heavy atom. The molecule has 0 aliphatic rings. The van der Waals surface area contributed by atoms with Crippen LogP contribution in [0.25, 0.3) is 0 Å². The maximum Gasteiger partial charge on any atom is 0.243 e. The molecule has 0 radical (unpaired) electrons. The molecule has 1 heterocycles. The Balaban J connectivity index is 2.14. The zero-order valence-electron chi connectivity index (χ0n) is 9.68. The third-order valence-corrected chi connectivity index (χ3v) is 4.49. The van der Waals surface area contributed by atoms with Gasteiger partial charge in [-0.2, -0.15) is 0 Å². The molecule has 1 aromatic heterocycles. The van der Waals surface area contributed by atoms with Crippen LogP contribution in [0, 0.1) is 0 Å². The van der Waals surface area contributed by atoms with Crippen molar-refractivity contribution in [2.24, 2.45) is 0 Å². The van der Waals surface area contributed by atoms with Gasteiger partial charge in [0.1, 0.15) is 10.0 Å². The van der Waals surface area contributed by atoms with Gasteiger partial charge >= 0.3 is 0 Å². The second-order valence-corrected chi connectivity index (χ2v) is 6.27. The normalized spacial score (nSPS) is 11.5. The molecule has 19 heavy (non-hydrogen) atoms. The molecule has 2 rings (SSSR count). The van der Waals surface area contributed by atoms with Crippen LogP contribution in [0.3, 0.4) is 0 Å². The minimum absolute atomic E-state index is 0.0365. The van der Waals surface area contributed by atoms with Gasteiger partial charge in [-0.15, -0.1) is 0 Å². The summed E-state index contributed by atoms with van der Waals surface area (Å²) in [7, 11) is -3.68. The lowest BCUT2D eigenvalue weighted by Crippen LogP contribution is -2.23. The van der Waals surface area contributed by atoms with E-state index >= 15 is 0 Å². The monoisotopic (exact) mass is 316 g/mol. The highest BCUT2D eigenvalue weighted by atomic mass is 35.5. The Morgan fingerprint density at radius 1 is 1.11 bits per heavy atom. The molecule has 0 unspecified atom stereocenters. The molecule has 0 spiro atoms. The number of aromatic nitrogens is 1. The van der Waals surface area contributed by atoms with Crippen molar-refractivity contribution in [3.63, 3.8) is 0 Å². The van der Waals surface area contributed by atoms with Crippen molar-refractivity contribution in [2.75, 3.05) is 0 Å². The molecule has 0 aliphatic carbocycles. The zero-order valence-corrected chi connectivity index (χ0v) is 12.0. The van der Waals surface area contributed by atoms with Crippen molar-refractivity contribution in [1.29, 1.82) is 0 Å². The van der Waals surface area contributed by atoms with Crippen LogP contribution in [-0.4, -0.2) is 13.4 Å². The van der Waals surface area contributed by atoms with E-state index in [4.69, 9.17) is 23.2 Å². The predicted molar refractivity (Wildman–Crippen MR) is 74.7 cm³/mol. The van der Waals surface area contributed by atoms with Gasteiger partial charge in [0.05, 0.1) is 0 Å². The Kier molecular flexibility index (Phi) is 4.42. The smallest absolute Gasteiger partial charge is 0.243 e. The van der Waals surface area contributed by atoms with E-state index in [-0.39, 0.29) is 16.6 Å². The summed E-state index contributed by atoms with van der Waals surface area (Å²) in [6.07, 6.45) is 1.43. The van der Waals surface area contributed by atoms with E-state index in [2.05, 4.69) is 9.71 Å². The molecule has 0 aliphatic heterocycles. The number of hydrogen-bond acceptors (Lipinski definition) is 3. The fraction of sp³-hybridized carbons (Fsp3) is 0.0833. The van der Waals surface area contributed by atoms with Crippen molar-refractivity contribution < 1.29 is 8.42 Å². The first-order valence-electron chi connectivity index (χ1n) is 5.34. The van der Waals surface area contributed by atoms with E-state index in [0.717, 1.165) is 5.56 Å². The Morgan fingerprint density at radius 3 is 2.42 bits per heavy atom. The molecule has 4 nitrogen and oxygen atoms in total. The number of rotatable bonds is 4. The summed E-state index contributed by atoms with van der Waals surface area (Å²) >= 11 is 11.5. The summed E-state index contributed by atoms with van der Waals surface area (Å²) in [6, 6.07) is 9.80. The third kappa shape index (κ3) is 3.67. The SMILES string of the molecule is O=S(=O)(NCc1ccc(Cl)cc1)c1cccnc1Cl. The number of sulfonamides is 1. The molecule has 1 aromatic carbocycles. The fourth-order valence-corrected chi connectivity index (χ4v) is 3.02. The predicted octanol–water partition coefficient (Wildman–Crippen LogP) is 2.87. The van der Waals surface area contributed by atoms with Gasteiger partial charge in [-0.1, -0.05) is 35.3 Å². The lowest BCUT2D eigenvalue weighted by Gasteiger charge is -2.07. The van der Waals surface area contributed by atoms with Crippen molar-refractivity contribution in [2.45, 2.75) is 11.4 Å². The first-order valence-corrected chi connectivity index (χ1v) is 7.57. The minimum atomic E-state index is -3.68. The first kappa shape index (κ1) is 14.3. The van der Waals surface area contributed by atoms with Gasteiger partial charge in [0.2, 0.25) is 10.0 Å². The zero-order chi connectivity index (χ0) is 13.9. The highest BCUT2D eigenvalue weighted by molar-refractivity contribution is 7.89. The van der Waals surface area contributed by atoms with Gasteiger partial charge in [-0.3, -0.25) is 0 Å². The van der Waals surface area contributed by atoms with Gasteiger partial charge in [0.25, 0.3) is 0 Å². The van der Waals surface area contributed by atoms with E-state index in [1.54, 1.807) is 24.3 Å². The molecule has 0 amide bonds. The Hall–Kier alpha value is -1.14. The van der Waals surface area contributed by atoms with Gasteiger partial charge in [-0.05, 0) is 29.8 Å². The van der Waals surface area contributed by atoms with Gasteiger partial charge in [-0.25, -0.2) is 18.1 Å². The molecule has 2 aromatic rings. The summed E-state index contributed by atoms with van der Waals surface area (Å²) in [4.78, 5) is 3.70. The Labute approximate surface area is 121 Å². The molecule has 0 fully saturated rings. The van der Waals surface area contributed by atoms with Crippen LogP contribution in [0.15, 0.2) is 47.5 Å². The maximum absolute atomic E-state index is 12.0. The molecule has 1 N–H and O–H groups in total. The lowest BCUT2D eigenvalue weighted by atomic mass is 10.2. The molecule has 0 saturated heterocycles. The van der Waals surface area contributed by atoms with E-state index in [1.807, 2.05) is 0 Å². The second kappa shape index (κ2) is 5.88. The van der Waals surface area contributed by atoms with E-state index in [9.17, 15) is 8.42 Å². The summed E-state index contributed by atoms with van der Waals surface area (Å²) in [5.41, 5.74) is 0.799. The highest BCUT2D eigenvalue weighted by Gasteiger charge is 2.17. The molecule has 0 atom stereocenters. The number of hydrogen-bond donors (Lipinski definition) is 1. The lowest BCUT2D eigenvalue weighted by molar-refractivity contribution is 0.581. The summed E-state index contributed by atoms with van der Waals surface area (Å²) < 4.78 is 26.5. The standard InChI is InChI=1S/C12H10Cl2N2O2S/c13-10-5-3-9(4-6-10)8-16-19(17,18)11-2-1-7-15-12(11)14/h1-7,16H,8H2. The van der Waals surface area contributed by atoms with Crippen LogP contribution in [0.4, 0.5) is 0 Å². The van der Waals surface area contributed by atoms with Crippen LogP contribution in [0.5, 0.6) is 0 Å². The molecular formula is C12H10Cl2N2O2S. The van der Waals surface area contributed by atoms with Crippen molar-refractivity contribution in [1.82, 2.24) is 9.71 Å². The van der Waals surface area contributed by atoms with Crippen LogP contribution in [0.2, 0.25) is 10.2 Å². The van der Waals surface area contributed by atoms with Crippen LogP contribution >= 0.6 is 23.2 Å². The first-order chi connectivity index (χ1) is 8.99. The van der Waals surface area contributed by atoms with Gasteiger partial charge in [0.15, 0.2) is 0 Å². The van der Waals surface area contributed by atoms with Crippen LogP contribution < -0.4 is 4.72 Å². The topological polar surface area (TPSA) is 59.1 Å². The highest BCUT2D eigenvalue weighted by Crippen LogP contribution is 2.18. The third-order valence-electron chi connectivity index (χ3n) is 2.39. The van der Waals surface area contributed by atoms with Crippen LogP contribution in [-0.2, 0) is 16.6 Å². The maximum atomic E-state index is 12.0. The van der Waals surface area contributed by atoms with Crippen molar-refractivity contribution >= 4 is 33.2 Å². The molecule has 100 valence electrons. The summed E-state index contributed by atoms with van der Waals surface area (Å²) in [6.45, 7) is 0.157. The molecule has 0 bridgehead atoms. The average molecular weight is 317 g/mol. The average Bonchev–Trinajstić information content (AvgIpc) is 2.38. The summed E-state index contributed by atoms with van der Waals surface area (Å²) in [5, 5.41) is 0.549. The van der Waals surface area contributed by atoms with E-state index < -0.39 is 10.0 Å². The number of benzene rings is 1. The van der Waals surface area contributed by atoms with Crippen molar-refractivity contribution in [3.05, 3.63) is 58.3 Å². The molecule has 7 heteroatoms. The fourth-order valence-electron chi connectivity index (χ4n) is 1.43. The quantitative estimate of drug-likeness (QED) is 0.882. The minimum Gasteiger partial charge on any atom is -0.243 e. The molecular weight excluding hydrogens is 307 g/mol. The largest absolute Gasteiger partial charge is 0.243 e. The molecule has 0 saturated carbocycles. The summed E-state index contributed by atoms with van der Waals surface area (Å²) in [5.74, 6) is 0.